The first kappa shape index (κ1) is 15.3. The molecule has 0 fully saturated rings. The zero-order valence-electron chi connectivity index (χ0n) is 10.7. The van der Waals surface area contributed by atoms with Crippen LogP contribution in [0, 0.1) is 0 Å². The lowest BCUT2D eigenvalue weighted by molar-refractivity contribution is -0.140. The van der Waals surface area contributed by atoms with E-state index in [4.69, 9.17) is 11.6 Å². The molecule has 0 aromatic heterocycles. The van der Waals surface area contributed by atoms with Gasteiger partial charge in [-0.15, -0.1) is 0 Å². The van der Waals surface area contributed by atoms with Crippen LogP contribution < -0.4 is 10.6 Å². The molecule has 1 rings (SSSR count). The number of carbonyl (C=O) groups excluding carboxylic acids is 2. The summed E-state index contributed by atoms with van der Waals surface area (Å²) >= 11 is 5.94. The number of halogens is 1. The van der Waals surface area contributed by atoms with Crippen LogP contribution >= 0.6 is 11.6 Å². The summed E-state index contributed by atoms with van der Waals surface area (Å²) in [6, 6.07) is 7.20. The van der Waals surface area contributed by atoms with Crippen LogP contribution in [0.1, 0.15) is 12.8 Å². The number of methoxy groups -OCH3 is 1. The molecule has 0 saturated heterocycles. The van der Waals surface area contributed by atoms with Gasteiger partial charge in [0.05, 0.1) is 24.4 Å². The molecule has 0 aliphatic heterocycles. The quantitative estimate of drug-likeness (QED) is 0.592. The van der Waals surface area contributed by atoms with Crippen molar-refractivity contribution in [1.29, 1.82) is 0 Å². The van der Waals surface area contributed by atoms with Crippen LogP contribution in [0.25, 0.3) is 0 Å². The molecular formula is C13H17ClN2O3. The second kappa shape index (κ2) is 8.37. The molecule has 6 heteroatoms. The van der Waals surface area contributed by atoms with Crippen LogP contribution in [0.4, 0.5) is 5.69 Å². The Morgan fingerprint density at radius 3 is 2.74 bits per heavy atom. The van der Waals surface area contributed by atoms with E-state index in [-0.39, 0.29) is 18.4 Å². The molecule has 19 heavy (non-hydrogen) atoms. The maximum absolute atomic E-state index is 11.5. The van der Waals surface area contributed by atoms with E-state index >= 15 is 0 Å². The van der Waals surface area contributed by atoms with Crippen molar-refractivity contribution in [2.75, 3.05) is 25.5 Å². The Morgan fingerprint density at radius 1 is 1.32 bits per heavy atom. The van der Waals surface area contributed by atoms with Crippen molar-refractivity contribution < 1.29 is 14.3 Å². The SMILES string of the molecule is COC(=O)CCCNC(=O)CNc1ccccc1Cl. The number of ether oxygens (including phenoxy) is 1. The summed E-state index contributed by atoms with van der Waals surface area (Å²) in [5, 5.41) is 6.21. The van der Waals surface area contributed by atoms with Crippen molar-refractivity contribution in [3.8, 4) is 0 Å². The molecule has 0 spiro atoms. The van der Waals surface area contributed by atoms with E-state index in [0.29, 0.717) is 30.1 Å². The normalized spacial score (nSPS) is 9.79. The lowest BCUT2D eigenvalue weighted by Gasteiger charge is -2.08. The maximum Gasteiger partial charge on any atom is 0.305 e. The number of para-hydroxylation sites is 1. The van der Waals surface area contributed by atoms with Gasteiger partial charge in [-0.3, -0.25) is 9.59 Å². The maximum atomic E-state index is 11.5. The highest BCUT2D eigenvalue weighted by atomic mass is 35.5. The van der Waals surface area contributed by atoms with Crippen LogP contribution in [0.15, 0.2) is 24.3 Å². The lowest BCUT2D eigenvalue weighted by Crippen LogP contribution is -2.30. The van der Waals surface area contributed by atoms with Gasteiger partial charge in [-0.25, -0.2) is 0 Å². The van der Waals surface area contributed by atoms with Gasteiger partial charge < -0.3 is 15.4 Å². The number of anilines is 1. The summed E-state index contributed by atoms with van der Waals surface area (Å²) < 4.78 is 4.50. The number of amides is 1. The van der Waals surface area contributed by atoms with Crippen LogP contribution in [0.3, 0.4) is 0 Å². The molecule has 0 unspecified atom stereocenters. The highest BCUT2D eigenvalue weighted by Crippen LogP contribution is 2.19. The molecular weight excluding hydrogens is 268 g/mol. The second-order valence-electron chi connectivity index (χ2n) is 3.86. The van der Waals surface area contributed by atoms with Crippen molar-refractivity contribution in [3.63, 3.8) is 0 Å². The highest BCUT2D eigenvalue weighted by molar-refractivity contribution is 6.33. The number of esters is 1. The van der Waals surface area contributed by atoms with Gasteiger partial charge in [0.25, 0.3) is 0 Å². The first-order chi connectivity index (χ1) is 9.13. The van der Waals surface area contributed by atoms with E-state index in [0.717, 1.165) is 0 Å². The van der Waals surface area contributed by atoms with Gasteiger partial charge in [-0.2, -0.15) is 0 Å². The third-order valence-corrected chi connectivity index (χ3v) is 2.75. The van der Waals surface area contributed by atoms with E-state index in [1.165, 1.54) is 7.11 Å². The standard InChI is InChI=1S/C13H17ClN2O3/c1-19-13(18)7-4-8-15-12(17)9-16-11-6-3-2-5-10(11)14/h2-3,5-6,16H,4,7-9H2,1H3,(H,15,17). The molecule has 5 nitrogen and oxygen atoms in total. The first-order valence-electron chi connectivity index (χ1n) is 5.95. The van der Waals surface area contributed by atoms with Crippen LogP contribution in [0.5, 0.6) is 0 Å². The summed E-state index contributed by atoms with van der Waals surface area (Å²) in [6.07, 6.45) is 0.860. The molecule has 0 saturated carbocycles. The fraction of sp³-hybridized carbons (Fsp3) is 0.385. The third kappa shape index (κ3) is 6.10. The predicted octanol–water partition coefficient (Wildman–Crippen LogP) is 1.82. The molecule has 0 radical (unpaired) electrons. The summed E-state index contributed by atoms with van der Waals surface area (Å²) in [5.74, 6) is -0.423. The van der Waals surface area contributed by atoms with Gasteiger partial charge in [0.2, 0.25) is 5.91 Å². The van der Waals surface area contributed by atoms with Crippen molar-refractivity contribution in [3.05, 3.63) is 29.3 Å². The van der Waals surface area contributed by atoms with Gasteiger partial charge in [-0.1, -0.05) is 23.7 Å². The summed E-state index contributed by atoms with van der Waals surface area (Å²) in [4.78, 5) is 22.4. The molecule has 0 aliphatic rings. The van der Waals surface area contributed by atoms with Gasteiger partial charge in [0, 0.05) is 13.0 Å². The van der Waals surface area contributed by atoms with Gasteiger partial charge in [0.15, 0.2) is 0 Å². The first-order valence-corrected chi connectivity index (χ1v) is 6.33. The average molecular weight is 285 g/mol. The Hall–Kier alpha value is -1.75. The topological polar surface area (TPSA) is 67.4 Å². The minimum atomic E-state index is -0.275. The number of hydrogen-bond acceptors (Lipinski definition) is 4. The molecule has 1 amide bonds. The van der Waals surface area contributed by atoms with Crippen LogP contribution in [-0.4, -0.2) is 32.1 Å². The second-order valence-corrected chi connectivity index (χ2v) is 4.27. The third-order valence-electron chi connectivity index (χ3n) is 2.42. The molecule has 1 aromatic rings. The number of nitrogens with one attached hydrogen (secondary N) is 2. The number of rotatable bonds is 7. The molecule has 0 heterocycles. The van der Waals surface area contributed by atoms with E-state index in [1.54, 1.807) is 12.1 Å². The molecule has 104 valence electrons. The van der Waals surface area contributed by atoms with E-state index in [1.807, 2.05) is 12.1 Å². The summed E-state index contributed by atoms with van der Waals surface area (Å²) in [5.41, 5.74) is 0.717. The number of carbonyl (C=O) groups is 2. The van der Waals surface area contributed by atoms with Crippen LogP contribution in [0.2, 0.25) is 5.02 Å². The molecule has 0 aliphatic carbocycles. The van der Waals surface area contributed by atoms with Crippen molar-refractivity contribution >= 4 is 29.2 Å². The largest absolute Gasteiger partial charge is 0.469 e. The van der Waals surface area contributed by atoms with Gasteiger partial charge >= 0.3 is 5.97 Å². The summed E-state index contributed by atoms with van der Waals surface area (Å²) in [7, 11) is 1.34. The number of hydrogen-bond donors (Lipinski definition) is 2. The zero-order valence-corrected chi connectivity index (χ0v) is 11.5. The Balaban J connectivity index is 2.18. The lowest BCUT2D eigenvalue weighted by atomic mass is 10.3. The van der Waals surface area contributed by atoms with Gasteiger partial charge in [-0.05, 0) is 18.6 Å². The Kier molecular flexibility index (Phi) is 6.74. The number of benzene rings is 1. The highest BCUT2D eigenvalue weighted by Gasteiger charge is 2.04. The summed E-state index contributed by atoms with van der Waals surface area (Å²) in [6.45, 7) is 0.583. The predicted molar refractivity (Wildman–Crippen MR) is 74.2 cm³/mol. The monoisotopic (exact) mass is 284 g/mol. The fourth-order valence-electron chi connectivity index (χ4n) is 1.41. The Bertz CT molecular complexity index is 438. The fourth-order valence-corrected chi connectivity index (χ4v) is 1.61. The molecule has 0 atom stereocenters. The smallest absolute Gasteiger partial charge is 0.305 e. The minimum absolute atomic E-state index is 0.141. The van der Waals surface area contributed by atoms with E-state index in [9.17, 15) is 9.59 Å². The zero-order chi connectivity index (χ0) is 14.1. The van der Waals surface area contributed by atoms with E-state index < -0.39 is 0 Å². The van der Waals surface area contributed by atoms with Crippen molar-refractivity contribution in [2.24, 2.45) is 0 Å². The van der Waals surface area contributed by atoms with Crippen LogP contribution in [-0.2, 0) is 14.3 Å². The van der Waals surface area contributed by atoms with Crippen molar-refractivity contribution in [1.82, 2.24) is 5.32 Å². The van der Waals surface area contributed by atoms with Gasteiger partial charge in [0.1, 0.15) is 0 Å². The Morgan fingerprint density at radius 2 is 2.05 bits per heavy atom. The molecule has 0 bridgehead atoms. The molecule has 1 aromatic carbocycles. The Labute approximate surface area is 117 Å². The van der Waals surface area contributed by atoms with Crippen molar-refractivity contribution in [2.45, 2.75) is 12.8 Å². The van der Waals surface area contributed by atoms with E-state index in [2.05, 4.69) is 15.4 Å². The average Bonchev–Trinajstić information content (AvgIpc) is 2.42. The minimum Gasteiger partial charge on any atom is -0.469 e. The molecule has 2 N–H and O–H groups in total.